The molecule has 60 valence electrons. The largest absolute Gasteiger partial charge is 0.429 e. The van der Waals surface area contributed by atoms with E-state index in [0.29, 0.717) is 0 Å². The van der Waals surface area contributed by atoms with Gasteiger partial charge in [0.25, 0.3) is 0 Å². The predicted octanol–water partition coefficient (Wildman–Crippen LogP) is -0.699. The van der Waals surface area contributed by atoms with Crippen molar-refractivity contribution in [3.05, 3.63) is 24.3 Å². The van der Waals surface area contributed by atoms with Crippen molar-refractivity contribution in [1.29, 1.82) is 0 Å². The van der Waals surface area contributed by atoms with E-state index in [1.54, 1.807) is 0 Å². The zero-order chi connectivity index (χ0) is 8.43. The number of esters is 1. The Balaban J connectivity index is 2.78. The number of carbonyl (C=O) groups excluding carboxylic acids is 1. The summed E-state index contributed by atoms with van der Waals surface area (Å²) in [7, 11) is 0. The molecule has 3 N–H and O–H groups in total. The van der Waals surface area contributed by atoms with Crippen LogP contribution in [-0.4, -0.2) is 23.4 Å². The van der Waals surface area contributed by atoms with Crippen LogP contribution in [-0.2, 0) is 9.53 Å². The average molecular weight is 155 g/mol. The van der Waals surface area contributed by atoms with E-state index in [0.717, 1.165) is 0 Å². The molecule has 0 radical (unpaired) electrons. The minimum Gasteiger partial charge on any atom is -0.429 e. The van der Waals surface area contributed by atoms with Gasteiger partial charge in [-0.25, -0.2) is 4.79 Å². The summed E-state index contributed by atoms with van der Waals surface area (Å²) < 4.78 is 4.39. The first-order valence-electron chi connectivity index (χ1n) is 3.14. The van der Waals surface area contributed by atoms with E-state index in [4.69, 9.17) is 10.8 Å². The minimum absolute atomic E-state index is 0.257. The Labute approximate surface area is 64.0 Å². The van der Waals surface area contributed by atoms with Gasteiger partial charge in [-0.1, -0.05) is 6.08 Å². The predicted molar refractivity (Wildman–Crippen MR) is 38.4 cm³/mol. The molecule has 1 heterocycles. The number of hydrogen-bond donors (Lipinski definition) is 2. The fourth-order valence-electron chi connectivity index (χ4n) is 0.808. The standard InChI is InChI=1S/C7H9NO3/c1-2-5(8)4-3-6(9)11-7(4)10/h2-3,5-6,9H,1,8H2. The Morgan fingerprint density at radius 2 is 2.55 bits per heavy atom. The van der Waals surface area contributed by atoms with E-state index in [1.807, 2.05) is 0 Å². The molecule has 2 atom stereocenters. The van der Waals surface area contributed by atoms with E-state index in [9.17, 15) is 4.79 Å². The van der Waals surface area contributed by atoms with Gasteiger partial charge >= 0.3 is 5.97 Å². The molecule has 1 aliphatic rings. The first-order valence-corrected chi connectivity index (χ1v) is 3.14. The summed E-state index contributed by atoms with van der Waals surface area (Å²) in [5.41, 5.74) is 5.69. The molecule has 0 aromatic rings. The molecule has 0 saturated heterocycles. The molecule has 0 aliphatic carbocycles. The maximum atomic E-state index is 10.8. The smallest absolute Gasteiger partial charge is 0.338 e. The Morgan fingerprint density at radius 1 is 1.91 bits per heavy atom. The molecule has 4 heteroatoms. The van der Waals surface area contributed by atoms with Crippen molar-refractivity contribution >= 4 is 5.97 Å². The second-order valence-corrected chi connectivity index (χ2v) is 2.18. The summed E-state index contributed by atoms with van der Waals surface area (Å²) in [4.78, 5) is 10.8. The van der Waals surface area contributed by atoms with E-state index >= 15 is 0 Å². The van der Waals surface area contributed by atoms with E-state index in [-0.39, 0.29) is 5.57 Å². The maximum Gasteiger partial charge on any atom is 0.338 e. The number of rotatable bonds is 2. The molecule has 0 bridgehead atoms. The van der Waals surface area contributed by atoms with Gasteiger partial charge in [0, 0.05) is 0 Å². The maximum absolute atomic E-state index is 10.8. The van der Waals surface area contributed by atoms with Gasteiger partial charge in [0.1, 0.15) is 0 Å². The van der Waals surface area contributed by atoms with Crippen molar-refractivity contribution in [3.8, 4) is 0 Å². The lowest BCUT2D eigenvalue weighted by atomic mass is 10.1. The van der Waals surface area contributed by atoms with Crippen molar-refractivity contribution < 1.29 is 14.6 Å². The fourth-order valence-corrected chi connectivity index (χ4v) is 0.808. The molecule has 0 saturated carbocycles. The van der Waals surface area contributed by atoms with Crippen LogP contribution in [0.2, 0.25) is 0 Å². The van der Waals surface area contributed by atoms with Gasteiger partial charge in [-0.2, -0.15) is 0 Å². The van der Waals surface area contributed by atoms with Crippen molar-refractivity contribution in [2.75, 3.05) is 0 Å². The van der Waals surface area contributed by atoms with E-state index < -0.39 is 18.3 Å². The van der Waals surface area contributed by atoms with Crippen LogP contribution in [0, 0.1) is 0 Å². The van der Waals surface area contributed by atoms with Gasteiger partial charge in [0.05, 0.1) is 11.6 Å². The molecule has 0 aromatic heterocycles. The fraction of sp³-hybridized carbons (Fsp3) is 0.286. The summed E-state index contributed by atoms with van der Waals surface area (Å²) in [6.07, 6.45) is 1.53. The van der Waals surface area contributed by atoms with Crippen molar-refractivity contribution in [1.82, 2.24) is 0 Å². The Hall–Kier alpha value is -1.13. The first kappa shape index (κ1) is 7.97. The molecule has 1 aliphatic heterocycles. The van der Waals surface area contributed by atoms with Crippen LogP contribution in [0.5, 0.6) is 0 Å². The van der Waals surface area contributed by atoms with Crippen LogP contribution < -0.4 is 5.73 Å². The van der Waals surface area contributed by atoms with Crippen molar-refractivity contribution in [3.63, 3.8) is 0 Å². The lowest BCUT2D eigenvalue weighted by molar-refractivity contribution is -0.151. The van der Waals surface area contributed by atoms with Crippen molar-refractivity contribution in [2.24, 2.45) is 5.73 Å². The molecule has 0 aromatic carbocycles. The molecule has 0 amide bonds. The number of cyclic esters (lactones) is 1. The molecule has 11 heavy (non-hydrogen) atoms. The third-order valence-electron chi connectivity index (χ3n) is 1.40. The summed E-state index contributed by atoms with van der Waals surface area (Å²) in [5, 5.41) is 8.81. The summed E-state index contributed by atoms with van der Waals surface area (Å²) in [6.45, 7) is 3.41. The summed E-state index contributed by atoms with van der Waals surface area (Å²) in [5.74, 6) is -0.579. The lowest BCUT2D eigenvalue weighted by Gasteiger charge is -2.02. The quantitative estimate of drug-likeness (QED) is 0.408. The lowest BCUT2D eigenvalue weighted by Crippen LogP contribution is -2.23. The number of ether oxygens (including phenoxy) is 1. The van der Waals surface area contributed by atoms with Crippen molar-refractivity contribution in [2.45, 2.75) is 12.3 Å². The normalized spacial score (nSPS) is 25.8. The van der Waals surface area contributed by atoms with E-state index in [1.165, 1.54) is 12.2 Å². The Bertz CT molecular complexity index is 222. The molecular weight excluding hydrogens is 146 g/mol. The zero-order valence-electron chi connectivity index (χ0n) is 5.86. The first-order chi connectivity index (χ1) is 5.15. The minimum atomic E-state index is -1.15. The second-order valence-electron chi connectivity index (χ2n) is 2.18. The van der Waals surface area contributed by atoms with Gasteiger partial charge in [-0.3, -0.25) is 0 Å². The highest BCUT2D eigenvalue weighted by atomic mass is 16.6. The number of aliphatic hydroxyl groups excluding tert-OH is 1. The second kappa shape index (κ2) is 2.86. The SMILES string of the molecule is C=CC(N)C1=CC(O)OC1=O. The topological polar surface area (TPSA) is 72.6 Å². The third kappa shape index (κ3) is 1.47. The van der Waals surface area contributed by atoms with Gasteiger partial charge in [0.2, 0.25) is 6.29 Å². The zero-order valence-corrected chi connectivity index (χ0v) is 5.86. The Kier molecular flexibility index (Phi) is 2.07. The number of nitrogens with two attached hydrogens (primary N) is 1. The van der Waals surface area contributed by atoms with Crippen LogP contribution in [0.4, 0.5) is 0 Å². The van der Waals surface area contributed by atoms with Gasteiger partial charge in [-0.15, -0.1) is 6.58 Å². The molecule has 2 unspecified atom stereocenters. The van der Waals surface area contributed by atoms with Crippen LogP contribution in [0.25, 0.3) is 0 Å². The molecule has 0 spiro atoms. The third-order valence-corrected chi connectivity index (χ3v) is 1.40. The van der Waals surface area contributed by atoms with E-state index in [2.05, 4.69) is 11.3 Å². The van der Waals surface area contributed by atoms with Crippen LogP contribution in [0.3, 0.4) is 0 Å². The highest BCUT2D eigenvalue weighted by Crippen LogP contribution is 2.14. The highest BCUT2D eigenvalue weighted by molar-refractivity contribution is 5.92. The molecular formula is C7H9NO3. The van der Waals surface area contributed by atoms with Gasteiger partial charge in [-0.05, 0) is 6.08 Å². The molecule has 4 nitrogen and oxygen atoms in total. The average Bonchev–Trinajstić information content (AvgIpc) is 2.28. The molecule has 1 rings (SSSR count). The summed E-state index contributed by atoms with van der Waals surface area (Å²) >= 11 is 0. The van der Waals surface area contributed by atoms with Gasteiger partial charge < -0.3 is 15.6 Å². The number of hydrogen-bond acceptors (Lipinski definition) is 4. The number of carbonyl (C=O) groups is 1. The highest BCUT2D eigenvalue weighted by Gasteiger charge is 2.26. The van der Waals surface area contributed by atoms with Crippen LogP contribution in [0.15, 0.2) is 24.3 Å². The van der Waals surface area contributed by atoms with Crippen LogP contribution >= 0.6 is 0 Å². The van der Waals surface area contributed by atoms with Gasteiger partial charge in [0.15, 0.2) is 0 Å². The summed E-state index contributed by atoms with van der Waals surface area (Å²) in [6, 6.07) is -0.556. The van der Waals surface area contributed by atoms with Crippen LogP contribution in [0.1, 0.15) is 0 Å². The molecule has 0 fully saturated rings. The number of aliphatic hydroxyl groups is 1. The Morgan fingerprint density at radius 3 is 2.91 bits per heavy atom. The monoisotopic (exact) mass is 155 g/mol.